The third-order valence-corrected chi connectivity index (χ3v) is 4.14. The van der Waals surface area contributed by atoms with Crippen LogP contribution in [0.5, 0.6) is 0 Å². The van der Waals surface area contributed by atoms with Gasteiger partial charge in [-0.2, -0.15) is 5.10 Å². The van der Waals surface area contributed by atoms with Gasteiger partial charge < -0.3 is 10.5 Å². The summed E-state index contributed by atoms with van der Waals surface area (Å²) in [5, 5.41) is 4.64. The molecule has 1 aliphatic heterocycles. The summed E-state index contributed by atoms with van der Waals surface area (Å²) in [5.74, 6) is 0.725. The van der Waals surface area contributed by atoms with E-state index in [0.717, 1.165) is 29.9 Å². The maximum absolute atomic E-state index is 12.1. The third-order valence-electron chi connectivity index (χ3n) is 4.14. The minimum Gasteiger partial charge on any atom is -0.444 e. The van der Waals surface area contributed by atoms with Gasteiger partial charge in [0.1, 0.15) is 11.4 Å². The van der Waals surface area contributed by atoms with Crippen molar-refractivity contribution in [3.63, 3.8) is 0 Å². The zero-order chi connectivity index (χ0) is 15.2. The van der Waals surface area contributed by atoms with Gasteiger partial charge in [0, 0.05) is 5.56 Å². The second-order valence-corrected chi connectivity index (χ2v) is 7.03. The minimum absolute atomic E-state index is 0.299. The van der Waals surface area contributed by atoms with E-state index >= 15 is 0 Å². The number of ether oxygens (including phenoxy) is 1. The van der Waals surface area contributed by atoms with Gasteiger partial charge in [-0.15, -0.1) is 0 Å². The lowest BCUT2D eigenvalue weighted by Crippen LogP contribution is -2.33. The van der Waals surface area contributed by atoms with Crippen LogP contribution < -0.4 is 5.73 Å². The fourth-order valence-electron chi connectivity index (χ4n) is 3.14. The number of rotatable bonds is 1. The molecule has 6 heteroatoms. The summed E-state index contributed by atoms with van der Waals surface area (Å²) >= 11 is 0. The fourth-order valence-corrected chi connectivity index (χ4v) is 3.14. The van der Waals surface area contributed by atoms with Gasteiger partial charge in [0.2, 0.25) is 0 Å². The summed E-state index contributed by atoms with van der Waals surface area (Å²) in [6.45, 7) is 6.61. The van der Waals surface area contributed by atoms with Crippen LogP contribution in [0.1, 0.15) is 63.8 Å². The number of hydrogen-bond acceptors (Lipinski definition) is 4. The summed E-state index contributed by atoms with van der Waals surface area (Å²) < 4.78 is 7.38. The Morgan fingerprint density at radius 1 is 1.29 bits per heavy atom. The van der Waals surface area contributed by atoms with Gasteiger partial charge in [-0.05, 0) is 33.6 Å². The molecule has 0 saturated heterocycles. The molecule has 1 amide bonds. The molecule has 1 fully saturated rings. The van der Waals surface area contributed by atoms with Gasteiger partial charge in [0.25, 0.3) is 0 Å². The third kappa shape index (κ3) is 2.71. The average Bonchev–Trinajstić information content (AvgIpc) is 3.05. The summed E-state index contributed by atoms with van der Waals surface area (Å²) in [4.78, 5) is 13.8. The second-order valence-electron chi connectivity index (χ2n) is 7.03. The van der Waals surface area contributed by atoms with Crippen molar-refractivity contribution in [1.82, 2.24) is 14.7 Å². The number of anilines is 1. The molecule has 1 aliphatic carbocycles. The van der Waals surface area contributed by atoms with E-state index in [1.807, 2.05) is 25.5 Å². The highest BCUT2D eigenvalue weighted by molar-refractivity contribution is 5.70. The number of amides is 1. The summed E-state index contributed by atoms with van der Waals surface area (Å²) in [5.41, 5.74) is 7.68. The Morgan fingerprint density at radius 3 is 2.52 bits per heavy atom. The SMILES string of the molecule is CC(C)(C)OC(=O)N1Cc2nn(C3CCCC3)c(N)c2C1. The lowest BCUT2D eigenvalue weighted by molar-refractivity contribution is 0.0239. The van der Waals surface area contributed by atoms with Crippen LogP contribution in [-0.2, 0) is 17.8 Å². The van der Waals surface area contributed by atoms with Crippen LogP contribution in [0.15, 0.2) is 0 Å². The number of carbonyl (C=O) groups is 1. The van der Waals surface area contributed by atoms with Gasteiger partial charge in [0.05, 0.1) is 24.8 Å². The van der Waals surface area contributed by atoms with Crippen LogP contribution in [0.4, 0.5) is 10.6 Å². The average molecular weight is 292 g/mol. The standard InChI is InChI=1S/C15H24N4O2/c1-15(2,3)21-14(20)18-8-11-12(9-18)17-19(13(11)16)10-6-4-5-7-10/h10H,4-9,16H2,1-3H3. The molecule has 1 aromatic heterocycles. The molecular formula is C15H24N4O2. The number of nitrogens with zero attached hydrogens (tertiary/aromatic N) is 3. The minimum atomic E-state index is -0.480. The lowest BCUT2D eigenvalue weighted by atomic mass is 10.2. The Labute approximate surface area is 125 Å². The Morgan fingerprint density at radius 2 is 1.95 bits per heavy atom. The molecular weight excluding hydrogens is 268 g/mol. The molecule has 0 aromatic carbocycles. The molecule has 0 radical (unpaired) electrons. The molecule has 0 unspecified atom stereocenters. The summed E-state index contributed by atoms with van der Waals surface area (Å²) in [6, 6.07) is 0.436. The van der Waals surface area contributed by atoms with E-state index in [0.29, 0.717) is 19.1 Å². The van der Waals surface area contributed by atoms with E-state index in [-0.39, 0.29) is 6.09 Å². The largest absolute Gasteiger partial charge is 0.444 e. The molecule has 0 bridgehead atoms. The van der Waals surface area contributed by atoms with Crippen molar-refractivity contribution in [2.45, 2.75) is 71.2 Å². The van der Waals surface area contributed by atoms with Crippen LogP contribution in [0.3, 0.4) is 0 Å². The zero-order valence-corrected chi connectivity index (χ0v) is 13.1. The van der Waals surface area contributed by atoms with Crippen molar-refractivity contribution in [3.05, 3.63) is 11.3 Å². The maximum Gasteiger partial charge on any atom is 0.410 e. The highest BCUT2D eigenvalue weighted by Crippen LogP contribution is 2.35. The van der Waals surface area contributed by atoms with E-state index in [9.17, 15) is 4.79 Å². The smallest absolute Gasteiger partial charge is 0.410 e. The van der Waals surface area contributed by atoms with Gasteiger partial charge in [-0.3, -0.25) is 4.90 Å². The molecule has 0 atom stereocenters. The van der Waals surface area contributed by atoms with Crippen molar-refractivity contribution >= 4 is 11.9 Å². The topological polar surface area (TPSA) is 73.4 Å². The number of fused-ring (bicyclic) bond motifs is 1. The van der Waals surface area contributed by atoms with Gasteiger partial charge in [0.15, 0.2) is 0 Å². The monoisotopic (exact) mass is 292 g/mol. The molecule has 2 N–H and O–H groups in total. The Hall–Kier alpha value is -1.72. The van der Waals surface area contributed by atoms with Crippen LogP contribution in [0, 0.1) is 0 Å². The molecule has 1 aromatic rings. The number of carbonyl (C=O) groups excluding carboxylic acids is 1. The van der Waals surface area contributed by atoms with E-state index in [2.05, 4.69) is 5.10 Å². The van der Waals surface area contributed by atoms with Crippen LogP contribution in [-0.4, -0.2) is 26.4 Å². The highest BCUT2D eigenvalue weighted by atomic mass is 16.6. The lowest BCUT2D eigenvalue weighted by Gasteiger charge is -2.24. The molecule has 116 valence electrons. The van der Waals surface area contributed by atoms with E-state index in [1.165, 1.54) is 12.8 Å². The number of hydrogen-bond donors (Lipinski definition) is 1. The fraction of sp³-hybridized carbons (Fsp3) is 0.733. The normalized spacial score (nSPS) is 19.1. The summed E-state index contributed by atoms with van der Waals surface area (Å²) in [7, 11) is 0. The van der Waals surface area contributed by atoms with E-state index in [4.69, 9.17) is 10.5 Å². The Bertz CT molecular complexity index is 553. The Kier molecular flexibility index (Phi) is 3.34. The van der Waals surface area contributed by atoms with Crippen LogP contribution in [0.25, 0.3) is 0 Å². The first-order valence-electron chi connectivity index (χ1n) is 7.69. The highest BCUT2D eigenvalue weighted by Gasteiger charge is 2.33. The van der Waals surface area contributed by atoms with Gasteiger partial charge in [-0.1, -0.05) is 12.8 Å². The van der Waals surface area contributed by atoms with Gasteiger partial charge in [-0.25, -0.2) is 9.48 Å². The van der Waals surface area contributed by atoms with Crippen LogP contribution >= 0.6 is 0 Å². The number of nitrogens with two attached hydrogens (primary N) is 1. The van der Waals surface area contributed by atoms with Crippen molar-refractivity contribution in [3.8, 4) is 0 Å². The second kappa shape index (κ2) is 4.93. The first-order valence-corrected chi connectivity index (χ1v) is 7.69. The molecule has 3 rings (SSSR count). The zero-order valence-electron chi connectivity index (χ0n) is 13.1. The predicted molar refractivity (Wildman–Crippen MR) is 79.6 cm³/mol. The van der Waals surface area contributed by atoms with Crippen LogP contribution in [0.2, 0.25) is 0 Å². The van der Waals surface area contributed by atoms with Crippen molar-refractivity contribution < 1.29 is 9.53 Å². The first kappa shape index (κ1) is 14.2. The maximum atomic E-state index is 12.1. The van der Waals surface area contributed by atoms with E-state index < -0.39 is 5.60 Å². The quantitative estimate of drug-likeness (QED) is 0.863. The number of nitrogen functional groups attached to an aromatic ring is 1. The number of aromatic nitrogens is 2. The summed E-state index contributed by atoms with van der Waals surface area (Å²) in [6.07, 6.45) is 4.51. The Balaban J connectivity index is 1.72. The first-order chi connectivity index (χ1) is 9.85. The molecule has 2 aliphatic rings. The molecule has 2 heterocycles. The molecule has 21 heavy (non-hydrogen) atoms. The molecule has 0 spiro atoms. The predicted octanol–water partition coefficient (Wildman–Crippen LogP) is 2.83. The molecule has 6 nitrogen and oxygen atoms in total. The molecule has 1 saturated carbocycles. The van der Waals surface area contributed by atoms with Crippen molar-refractivity contribution in [2.24, 2.45) is 0 Å². The van der Waals surface area contributed by atoms with Gasteiger partial charge >= 0.3 is 6.09 Å². The van der Waals surface area contributed by atoms with Crippen molar-refractivity contribution in [2.75, 3.05) is 5.73 Å². The van der Waals surface area contributed by atoms with E-state index in [1.54, 1.807) is 4.90 Å². The van der Waals surface area contributed by atoms with Crippen molar-refractivity contribution in [1.29, 1.82) is 0 Å².